The number of rotatable bonds is 7. The van der Waals surface area contributed by atoms with E-state index in [1.807, 2.05) is 13.1 Å². The molecule has 0 spiro atoms. The van der Waals surface area contributed by atoms with Gasteiger partial charge in [0.1, 0.15) is 11.5 Å². The minimum Gasteiger partial charge on any atom is -0.342 e. The molecule has 27 heavy (non-hydrogen) atoms. The summed E-state index contributed by atoms with van der Waals surface area (Å²) < 4.78 is 0. The van der Waals surface area contributed by atoms with Crippen molar-refractivity contribution in [1.29, 1.82) is 0 Å². The van der Waals surface area contributed by atoms with E-state index in [-0.39, 0.29) is 5.66 Å². The van der Waals surface area contributed by atoms with Crippen LogP contribution in [0.1, 0.15) is 24.5 Å². The normalized spacial score (nSPS) is 20.6. The molecule has 5 heteroatoms. The lowest BCUT2D eigenvalue weighted by molar-refractivity contribution is 0.427. The van der Waals surface area contributed by atoms with E-state index in [0.29, 0.717) is 0 Å². The Kier molecular flexibility index (Phi) is 6.14. The molecule has 4 N–H and O–H groups in total. The van der Waals surface area contributed by atoms with Crippen molar-refractivity contribution >= 4 is 11.6 Å². The Morgan fingerprint density at radius 2 is 1.78 bits per heavy atom. The van der Waals surface area contributed by atoms with Gasteiger partial charge in [0.25, 0.3) is 0 Å². The molecule has 1 aliphatic heterocycles. The van der Waals surface area contributed by atoms with Crippen LogP contribution in [0.2, 0.25) is 0 Å². The summed E-state index contributed by atoms with van der Waals surface area (Å²) in [7, 11) is 1.94. The van der Waals surface area contributed by atoms with Crippen LogP contribution in [0.3, 0.4) is 0 Å². The number of likely N-dealkylation sites (N-methyl/N-ethyl adjacent to an activating group) is 1. The molecule has 1 heterocycles. The molecule has 1 aliphatic rings. The smallest absolute Gasteiger partial charge is 0.198 e. The fourth-order valence-electron chi connectivity index (χ4n) is 2.96. The minimum atomic E-state index is -0.365. The average molecular weight is 364 g/mol. The Hall–Kier alpha value is -2.79. The van der Waals surface area contributed by atoms with Gasteiger partial charge in [-0.15, -0.1) is 0 Å². The quantitative estimate of drug-likeness (QED) is 0.570. The summed E-state index contributed by atoms with van der Waals surface area (Å²) in [5.41, 5.74) is 3.27. The Balaban J connectivity index is 1.62. The molecule has 0 radical (unpaired) electrons. The van der Waals surface area contributed by atoms with E-state index < -0.39 is 0 Å². The molecule has 3 rings (SSSR count). The number of nitrogens with zero attached hydrogens (tertiary/aromatic N) is 1. The van der Waals surface area contributed by atoms with E-state index in [4.69, 9.17) is 4.99 Å². The van der Waals surface area contributed by atoms with Crippen molar-refractivity contribution in [3.05, 3.63) is 77.6 Å². The summed E-state index contributed by atoms with van der Waals surface area (Å²) in [6.07, 6.45) is 4.14. The predicted molar refractivity (Wildman–Crippen MR) is 114 cm³/mol. The highest BCUT2D eigenvalue weighted by atomic mass is 15.3. The SMILES string of the molecule is CNC1(C)C=C(Nc2ccc(C)cc2)NC(=NCCCc2ccccc2)N1. The highest BCUT2D eigenvalue weighted by Gasteiger charge is 2.26. The maximum atomic E-state index is 4.72. The van der Waals surface area contributed by atoms with E-state index in [1.54, 1.807) is 0 Å². The predicted octanol–water partition coefficient (Wildman–Crippen LogP) is 3.37. The summed E-state index contributed by atoms with van der Waals surface area (Å²) in [5.74, 6) is 1.69. The Morgan fingerprint density at radius 1 is 1.04 bits per heavy atom. The van der Waals surface area contributed by atoms with Crippen LogP contribution >= 0.6 is 0 Å². The summed E-state index contributed by atoms with van der Waals surface area (Å²) in [6, 6.07) is 18.9. The highest BCUT2D eigenvalue weighted by Crippen LogP contribution is 2.15. The van der Waals surface area contributed by atoms with Gasteiger partial charge in [-0.05, 0) is 57.5 Å². The Labute approximate surface area is 162 Å². The largest absolute Gasteiger partial charge is 0.342 e. The maximum Gasteiger partial charge on any atom is 0.198 e. The molecule has 5 nitrogen and oxygen atoms in total. The lowest BCUT2D eigenvalue weighted by Crippen LogP contribution is -2.61. The van der Waals surface area contributed by atoms with Crippen molar-refractivity contribution < 1.29 is 0 Å². The molecule has 0 amide bonds. The summed E-state index contributed by atoms with van der Waals surface area (Å²) in [5, 5.41) is 13.5. The molecule has 0 saturated carbocycles. The van der Waals surface area contributed by atoms with Gasteiger partial charge in [0, 0.05) is 12.2 Å². The maximum absolute atomic E-state index is 4.72. The van der Waals surface area contributed by atoms with Crippen LogP contribution in [0.15, 0.2) is 71.5 Å². The number of hydrogen-bond donors (Lipinski definition) is 4. The van der Waals surface area contributed by atoms with Crippen LogP contribution in [0.25, 0.3) is 0 Å². The van der Waals surface area contributed by atoms with Gasteiger partial charge in [-0.1, -0.05) is 48.0 Å². The van der Waals surface area contributed by atoms with Crippen molar-refractivity contribution in [2.24, 2.45) is 4.99 Å². The third-order valence-electron chi connectivity index (χ3n) is 4.65. The number of hydrogen-bond acceptors (Lipinski definition) is 3. The number of aryl methyl sites for hydroxylation is 2. The second-order valence-electron chi connectivity index (χ2n) is 7.07. The molecule has 1 unspecified atom stereocenters. The summed E-state index contributed by atoms with van der Waals surface area (Å²) in [4.78, 5) is 4.72. The van der Waals surface area contributed by atoms with Crippen molar-refractivity contribution in [3.8, 4) is 0 Å². The third-order valence-corrected chi connectivity index (χ3v) is 4.65. The Morgan fingerprint density at radius 3 is 2.48 bits per heavy atom. The molecule has 142 valence electrons. The van der Waals surface area contributed by atoms with Crippen molar-refractivity contribution in [3.63, 3.8) is 0 Å². The second kappa shape index (κ2) is 8.73. The van der Waals surface area contributed by atoms with Crippen LogP contribution in [0, 0.1) is 6.92 Å². The van der Waals surface area contributed by atoms with E-state index in [1.165, 1.54) is 11.1 Å². The Bertz CT molecular complexity index is 795. The zero-order valence-corrected chi connectivity index (χ0v) is 16.3. The van der Waals surface area contributed by atoms with Crippen LogP contribution in [-0.2, 0) is 6.42 Å². The first-order valence-corrected chi connectivity index (χ1v) is 9.45. The first-order chi connectivity index (χ1) is 13.1. The lowest BCUT2D eigenvalue weighted by Gasteiger charge is -2.35. The van der Waals surface area contributed by atoms with Crippen LogP contribution in [0.5, 0.6) is 0 Å². The van der Waals surface area contributed by atoms with Gasteiger partial charge in [0.05, 0.1) is 0 Å². The monoisotopic (exact) mass is 363 g/mol. The average Bonchev–Trinajstić information content (AvgIpc) is 2.68. The van der Waals surface area contributed by atoms with Gasteiger partial charge < -0.3 is 16.0 Å². The van der Waals surface area contributed by atoms with Gasteiger partial charge in [-0.2, -0.15) is 0 Å². The summed E-state index contributed by atoms with van der Waals surface area (Å²) in [6.45, 7) is 4.94. The highest BCUT2D eigenvalue weighted by molar-refractivity contribution is 5.84. The van der Waals surface area contributed by atoms with E-state index in [9.17, 15) is 0 Å². The van der Waals surface area contributed by atoms with Crippen molar-refractivity contribution in [2.45, 2.75) is 32.4 Å². The molecule has 0 bridgehead atoms. The van der Waals surface area contributed by atoms with Crippen LogP contribution in [-0.4, -0.2) is 25.2 Å². The number of aliphatic imine (C=N–C) groups is 1. The van der Waals surface area contributed by atoms with Crippen LogP contribution in [0.4, 0.5) is 5.69 Å². The molecule has 0 saturated heterocycles. The fourth-order valence-corrected chi connectivity index (χ4v) is 2.96. The van der Waals surface area contributed by atoms with Crippen molar-refractivity contribution in [1.82, 2.24) is 16.0 Å². The summed E-state index contributed by atoms with van der Waals surface area (Å²) >= 11 is 0. The zero-order valence-electron chi connectivity index (χ0n) is 16.3. The minimum absolute atomic E-state index is 0.365. The molecule has 2 aromatic rings. The van der Waals surface area contributed by atoms with E-state index >= 15 is 0 Å². The zero-order chi connectivity index (χ0) is 19.1. The molecule has 0 aliphatic carbocycles. The molecular weight excluding hydrogens is 334 g/mol. The third kappa shape index (κ3) is 5.59. The molecule has 1 atom stereocenters. The van der Waals surface area contributed by atoms with E-state index in [2.05, 4.69) is 89.7 Å². The van der Waals surface area contributed by atoms with Gasteiger partial charge in [-0.3, -0.25) is 10.3 Å². The molecule has 0 aromatic heterocycles. The number of guanidine groups is 1. The molecule has 2 aromatic carbocycles. The van der Waals surface area contributed by atoms with Gasteiger partial charge in [0.2, 0.25) is 0 Å². The van der Waals surface area contributed by atoms with Gasteiger partial charge >= 0.3 is 0 Å². The lowest BCUT2D eigenvalue weighted by atomic mass is 10.1. The van der Waals surface area contributed by atoms with Crippen molar-refractivity contribution in [2.75, 3.05) is 18.9 Å². The second-order valence-corrected chi connectivity index (χ2v) is 7.07. The number of benzene rings is 2. The van der Waals surface area contributed by atoms with E-state index in [0.717, 1.165) is 36.9 Å². The standard InChI is InChI=1S/C22H29N5/c1-17-11-13-19(14-12-17)25-20-16-22(2,23-3)27-21(26-20)24-15-7-10-18-8-5-4-6-9-18/h4-6,8-9,11-14,16,23,25H,7,10,15H2,1-3H3,(H2,24,26,27). The van der Waals surface area contributed by atoms with Gasteiger partial charge in [0.15, 0.2) is 5.96 Å². The topological polar surface area (TPSA) is 60.5 Å². The number of nitrogens with one attached hydrogen (secondary N) is 4. The van der Waals surface area contributed by atoms with Crippen LogP contribution < -0.4 is 21.3 Å². The first-order valence-electron chi connectivity index (χ1n) is 9.45. The molecule has 0 fully saturated rings. The fraction of sp³-hybridized carbons (Fsp3) is 0.318. The number of anilines is 1. The first kappa shape index (κ1) is 19.0. The molecular formula is C22H29N5. The van der Waals surface area contributed by atoms with Gasteiger partial charge in [-0.25, -0.2) is 0 Å².